The first kappa shape index (κ1) is 16.0. The molecule has 1 aliphatic heterocycles. The summed E-state index contributed by atoms with van der Waals surface area (Å²) in [5, 5.41) is -2.33. The van der Waals surface area contributed by atoms with Gasteiger partial charge in [-0.25, -0.2) is 0 Å². The van der Waals surface area contributed by atoms with Gasteiger partial charge >= 0.3 is 16.4 Å². The van der Waals surface area contributed by atoms with Crippen molar-refractivity contribution in [2.75, 3.05) is 11.4 Å². The van der Waals surface area contributed by atoms with Gasteiger partial charge in [-0.1, -0.05) is 17.7 Å². The van der Waals surface area contributed by atoms with Crippen molar-refractivity contribution in [2.24, 2.45) is 0 Å². The molecular weight excluding hydrogens is 338 g/mol. The number of rotatable bonds is 2. The van der Waals surface area contributed by atoms with Gasteiger partial charge in [0.15, 0.2) is 0 Å². The molecule has 1 amide bonds. The molecule has 1 aliphatic rings. The molecule has 0 radical (unpaired) electrons. The molecule has 2 rings (SSSR count). The number of carbonyl (C=O) groups excluding carboxylic acids is 1. The number of alkyl halides is 3. The quantitative estimate of drug-likeness (QED) is 0.612. The van der Waals surface area contributed by atoms with Crippen LogP contribution in [0.2, 0.25) is 5.02 Å². The lowest BCUT2D eigenvalue weighted by Crippen LogP contribution is -2.27. The number of carbonyl (C=O) groups is 1. The SMILES string of the molecule is O=C1CC(S(=O)(=O)F)CN1c1cccc(C(F)(F)F)c1Cl. The van der Waals surface area contributed by atoms with Crippen LogP contribution in [0.4, 0.5) is 22.7 Å². The summed E-state index contributed by atoms with van der Waals surface area (Å²) in [6, 6.07) is 2.91. The summed E-state index contributed by atoms with van der Waals surface area (Å²) >= 11 is 5.64. The minimum atomic E-state index is -4.96. The van der Waals surface area contributed by atoms with Gasteiger partial charge in [0.2, 0.25) is 5.91 Å². The molecule has 116 valence electrons. The number of anilines is 1. The van der Waals surface area contributed by atoms with Gasteiger partial charge in [0.1, 0.15) is 5.25 Å². The van der Waals surface area contributed by atoms with Gasteiger partial charge in [0.05, 0.1) is 16.3 Å². The molecule has 4 nitrogen and oxygen atoms in total. The van der Waals surface area contributed by atoms with Crippen LogP contribution in [0.5, 0.6) is 0 Å². The smallest absolute Gasteiger partial charge is 0.309 e. The Bertz CT molecular complexity index is 689. The summed E-state index contributed by atoms with van der Waals surface area (Å²) in [5.41, 5.74) is -1.44. The van der Waals surface area contributed by atoms with Crippen molar-refractivity contribution in [3.05, 3.63) is 28.8 Å². The van der Waals surface area contributed by atoms with Gasteiger partial charge in [-0.05, 0) is 12.1 Å². The first-order valence-electron chi connectivity index (χ1n) is 5.61. The van der Waals surface area contributed by atoms with Crippen LogP contribution >= 0.6 is 11.6 Å². The van der Waals surface area contributed by atoms with Gasteiger partial charge in [0.25, 0.3) is 0 Å². The topological polar surface area (TPSA) is 54.5 Å². The largest absolute Gasteiger partial charge is 0.417 e. The average molecular weight is 346 g/mol. The number of benzene rings is 1. The summed E-state index contributed by atoms with van der Waals surface area (Å²) in [6.07, 6.45) is -5.35. The Balaban J connectivity index is 2.42. The van der Waals surface area contributed by atoms with E-state index in [0.717, 1.165) is 23.1 Å². The second-order valence-electron chi connectivity index (χ2n) is 4.44. The highest BCUT2D eigenvalue weighted by molar-refractivity contribution is 7.87. The van der Waals surface area contributed by atoms with E-state index in [1.807, 2.05) is 0 Å². The highest BCUT2D eigenvalue weighted by Gasteiger charge is 2.41. The van der Waals surface area contributed by atoms with E-state index in [0.29, 0.717) is 0 Å². The van der Waals surface area contributed by atoms with E-state index in [4.69, 9.17) is 11.6 Å². The number of hydrogen-bond donors (Lipinski definition) is 0. The second kappa shape index (κ2) is 5.13. The van der Waals surface area contributed by atoms with E-state index >= 15 is 0 Å². The van der Waals surface area contributed by atoms with Crippen molar-refractivity contribution < 1.29 is 30.3 Å². The predicted molar refractivity (Wildman–Crippen MR) is 67.2 cm³/mol. The zero-order chi connectivity index (χ0) is 16.0. The fraction of sp³-hybridized carbons (Fsp3) is 0.364. The van der Waals surface area contributed by atoms with Crippen molar-refractivity contribution >= 4 is 33.4 Å². The lowest BCUT2D eigenvalue weighted by atomic mass is 10.2. The third-order valence-electron chi connectivity index (χ3n) is 3.06. The van der Waals surface area contributed by atoms with Crippen LogP contribution in [0, 0.1) is 0 Å². The Morgan fingerprint density at radius 1 is 1.29 bits per heavy atom. The third kappa shape index (κ3) is 3.13. The molecule has 0 bridgehead atoms. The van der Waals surface area contributed by atoms with Crippen molar-refractivity contribution in [1.29, 1.82) is 0 Å². The summed E-state index contributed by atoms with van der Waals surface area (Å²) < 4.78 is 72.7. The maximum Gasteiger partial charge on any atom is 0.417 e. The molecule has 21 heavy (non-hydrogen) atoms. The van der Waals surface area contributed by atoms with Gasteiger partial charge in [-0.2, -0.15) is 21.6 Å². The molecule has 0 saturated carbocycles. The van der Waals surface area contributed by atoms with E-state index in [-0.39, 0.29) is 5.69 Å². The Morgan fingerprint density at radius 3 is 2.38 bits per heavy atom. The van der Waals surface area contributed by atoms with Gasteiger partial charge in [0, 0.05) is 13.0 Å². The van der Waals surface area contributed by atoms with E-state index in [9.17, 15) is 30.3 Å². The monoisotopic (exact) mass is 345 g/mol. The van der Waals surface area contributed by atoms with Crippen molar-refractivity contribution in [1.82, 2.24) is 0 Å². The molecule has 1 unspecified atom stereocenters. The lowest BCUT2D eigenvalue weighted by molar-refractivity contribution is -0.137. The van der Waals surface area contributed by atoms with E-state index in [1.54, 1.807) is 0 Å². The van der Waals surface area contributed by atoms with Crippen LogP contribution in [0.3, 0.4) is 0 Å². The summed E-state index contributed by atoms with van der Waals surface area (Å²) in [5.74, 6) is -0.803. The Hall–Kier alpha value is -1.35. The minimum Gasteiger partial charge on any atom is -0.309 e. The maximum atomic E-state index is 12.9. The molecule has 0 aromatic heterocycles. The Kier molecular flexibility index (Phi) is 3.92. The highest BCUT2D eigenvalue weighted by Crippen LogP contribution is 2.40. The molecule has 1 fully saturated rings. The van der Waals surface area contributed by atoms with Crippen molar-refractivity contribution in [3.63, 3.8) is 0 Å². The molecule has 1 aromatic rings. The Labute approximate surface area is 122 Å². The fourth-order valence-corrected chi connectivity index (χ4v) is 3.05. The highest BCUT2D eigenvalue weighted by atomic mass is 35.5. The van der Waals surface area contributed by atoms with Crippen LogP contribution in [-0.2, 0) is 21.2 Å². The standard InChI is InChI=1S/C11H8ClF4NO3S/c12-10-7(11(13,14)15)2-1-3-8(10)17-5-6(4-9(17)18)21(16,19)20/h1-3,6H,4-5H2. The maximum absolute atomic E-state index is 12.9. The van der Waals surface area contributed by atoms with E-state index in [1.165, 1.54) is 0 Å². The minimum absolute atomic E-state index is 0.289. The number of nitrogens with zero attached hydrogens (tertiary/aromatic N) is 1. The average Bonchev–Trinajstić information content (AvgIpc) is 2.70. The molecule has 1 heterocycles. The number of hydrogen-bond acceptors (Lipinski definition) is 3. The second-order valence-corrected chi connectivity index (χ2v) is 6.44. The first-order chi connectivity index (χ1) is 9.51. The molecule has 0 N–H and O–H groups in total. The Morgan fingerprint density at radius 2 is 1.90 bits per heavy atom. The molecule has 1 atom stereocenters. The van der Waals surface area contributed by atoms with Crippen LogP contribution in [-0.4, -0.2) is 26.1 Å². The van der Waals surface area contributed by atoms with Crippen LogP contribution in [0.15, 0.2) is 18.2 Å². The molecule has 0 spiro atoms. The zero-order valence-corrected chi connectivity index (χ0v) is 11.8. The molecule has 1 saturated heterocycles. The zero-order valence-electron chi connectivity index (χ0n) is 10.2. The molecule has 10 heteroatoms. The van der Waals surface area contributed by atoms with Gasteiger partial charge in [-0.15, -0.1) is 3.89 Å². The van der Waals surface area contributed by atoms with Gasteiger partial charge in [-0.3, -0.25) is 4.79 Å². The van der Waals surface area contributed by atoms with Crippen molar-refractivity contribution in [2.45, 2.75) is 17.8 Å². The van der Waals surface area contributed by atoms with E-state index < -0.39 is 51.1 Å². The lowest BCUT2D eigenvalue weighted by Gasteiger charge is -2.20. The van der Waals surface area contributed by atoms with E-state index in [2.05, 4.69) is 0 Å². The van der Waals surface area contributed by atoms with Crippen LogP contribution < -0.4 is 4.90 Å². The van der Waals surface area contributed by atoms with Crippen LogP contribution in [0.25, 0.3) is 0 Å². The molecule has 0 aliphatic carbocycles. The predicted octanol–water partition coefficient (Wildman–Crippen LogP) is 2.76. The number of halogens is 5. The van der Waals surface area contributed by atoms with Gasteiger partial charge < -0.3 is 4.90 Å². The molecular formula is C11H8ClF4NO3S. The summed E-state index contributed by atoms with van der Waals surface area (Å²) in [6.45, 7) is -0.571. The summed E-state index contributed by atoms with van der Waals surface area (Å²) in [4.78, 5) is 12.4. The fourth-order valence-electron chi connectivity index (χ4n) is 2.04. The van der Waals surface area contributed by atoms with Crippen molar-refractivity contribution in [3.8, 4) is 0 Å². The first-order valence-corrected chi connectivity index (χ1v) is 7.44. The summed E-state index contributed by atoms with van der Waals surface area (Å²) in [7, 11) is -4.96. The van der Waals surface area contributed by atoms with Crippen LogP contribution in [0.1, 0.15) is 12.0 Å². The normalized spacial score (nSPS) is 20.1. The number of amides is 1. The third-order valence-corrected chi connectivity index (χ3v) is 4.57. The molecule has 1 aromatic carbocycles.